The number of anilines is 1. The molecule has 1 aliphatic carbocycles. The molecule has 280 valence electrons. The number of esters is 1. The van der Waals surface area contributed by atoms with Crippen LogP contribution >= 0.6 is 0 Å². The molecule has 6 rings (SSSR count). The summed E-state index contributed by atoms with van der Waals surface area (Å²) in [7, 11) is 2.15. The summed E-state index contributed by atoms with van der Waals surface area (Å²) in [5.41, 5.74) is 10.1. The van der Waals surface area contributed by atoms with E-state index in [2.05, 4.69) is 79.8 Å². The molecule has 8 nitrogen and oxygen atoms in total. The Morgan fingerprint density at radius 2 is 1.69 bits per heavy atom. The van der Waals surface area contributed by atoms with Gasteiger partial charge >= 0.3 is 57.4 Å². The van der Waals surface area contributed by atoms with Crippen LogP contribution in [-0.4, -0.2) is 50.4 Å². The molecule has 0 saturated carbocycles. The van der Waals surface area contributed by atoms with Crippen LogP contribution in [0.4, 0.5) is 11.4 Å². The third-order valence-corrected chi connectivity index (χ3v) is 11.7. The van der Waals surface area contributed by atoms with Crippen molar-refractivity contribution in [2.24, 2.45) is 0 Å². The van der Waals surface area contributed by atoms with Crippen molar-refractivity contribution in [3.05, 3.63) is 130 Å². The molecule has 0 saturated heterocycles. The zero-order valence-corrected chi connectivity index (χ0v) is 37.3. The summed E-state index contributed by atoms with van der Waals surface area (Å²) in [6.45, 7) is 10.8. The first kappa shape index (κ1) is 42.1. The van der Waals surface area contributed by atoms with Gasteiger partial charge in [-0.1, -0.05) is 57.2 Å². The van der Waals surface area contributed by atoms with Gasteiger partial charge in [0.05, 0.1) is 17.4 Å². The fourth-order valence-electron chi connectivity index (χ4n) is 7.82. The van der Waals surface area contributed by atoms with E-state index < -0.39 is 15.5 Å². The molecule has 0 bridgehead atoms. The van der Waals surface area contributed by atoms with Gasteiger partial charge in [-0.05, 0) is 111 Å². The average Bonchev–Trinajstić information content (AvgIpc) is 3.45. The molecule has 3 aromatic rings. The zero-order chi connectivity index (χ0) is 39.6. The SMILES string of the molecule is COC(=O)CCc1ccc(OC2=C(C=CC3=[N+](C)c4ccc(S(=O)(=O)[O-])cc4C3(C)C)CCCC2=CC=C2N(C)c3ccc(C)cc3C2(C)C)cc1.[2H]C.[K+]. The smallest absolute Gasteiger partial charge is 0.744 e. The molecular weight excluding hydrogens is 724 g/mol. The first-order valence-electron chi connectivity index (χ1n) is 18.8. The Balaban J connectivity index is 0.00000221. The third-order valence-electron chi connectivity index (χ3n) is 10.8. The number of hydrogen-bond donors (Lipinski definition) is 0. The Bertz CT molecular complexity index is 2220. The number of fused-ring (bicyclic) bond motifs is 2. The van der Waals surface area contributed by atoms with E-state index in [9.17, 15) is 17.8 Å². The molecule has 3 aliphatic rings. The fraction of sp³-hybridized carbons (Fsp3) is 0.364. The van der Waals surface area contributed by atoms with Crippen molar-refractivity contribution in [3.63, 3.8) is 0 Å². The fourth-order valence-corrected chi connectivity index (χ4v) is 8.32. The summed E-state index contributed by atoms with van der Waals surface area (Å²) < 4.78 is 55.0. The van der Waals surface area contributed by atoms with Gasteiger partial charge in [0.25, 0.3) is 0 Å². The number of nitrogens with zero attached hydrogens (tertiary/aromatic N) is 2. The van der Waals surface area contributed by atoms with Crippen LogP contribution in [0.2, 0.25) is 0 Å². The predicted molar refractivity (Wildman–Crippen MR) is 211 cm³/mol. The van der Waals surface area contributed by atoms with E-state index in [-0.39, 0.29) is 67.7 Å². The largest absolute Gasteiger partial charge is 1.00 e. The number of benzene rings is 3. The van der Waals surface area contributed by atoms with E-state index >= 15 is 0 Å². The van der Waals surface area contributed by atoms with Crippen LogP contribution in [0.1, 0.15) is 84.4 Å². The zero-order valence-electron chi connectivity index (χ0n) is 34.4. The summed E-state index contributed by atoms with van der Waals surface area (Å²) in [4.78, 5) is 13.8. The second kappa shape index (κ2) is 17.0. The van der Waals surface area contributed by atoms with Crippen LogP contribution in [0.5, 0.6) is 5.75 Å². The van der Waals surface area contributed by atoms with E-state index in [0.717, 1.165) is 58.7 Å². The maximum atomic E-state index is 11.9. The van der Waals surface area contributed by atoms with E-state index in [4.69, 9.17) is 10.8 Å². The van der Waals surface area contributed by atoms with Gasteiger partial charge in [0, 0.05) is 49.3 Å². The van der Waals surface area contributed by atoms with Crippen molar-refractivity contribution in [3.8, 4) is 5.75 Å². The van der Waals surface area contributed by atoms with Crippen LogP contribution in [0.15, 0.2) is 112 Å². The normalized spacial score (nSPS) is 18.9. The molecule has 0 N–H and O–H groups in total. The van der Waals surface area contributed by atoms with Gasteiger partial charge in [-0.3, -0.25) is 4.79 Å². The molecule has 10 heteroatoms. The van der Waals surface area contributed by atoms with Crippen LogP contribution < -0.4 is 61.0 Å². The number of carbonyl (C=O) groups is 1. The monoisotopic (exact) mass is 776 g/mol. The molecular formula is C44H52KN2O6S+. The number of allylic oxidation sites excluding steroid dienone is 7. The standard InChI is InChI=1S/C43H48N2O6S.CH4.K/c1-28-12-21-36-34(26-28)42(2,3)38(44(36)6)23-16-30-10-9-11-31(41(30)51-32-18-13-29(14-19-32)15-25-40(46)50-8)17-24-39-43(4,5)35-27-33(52(47,48)49)20-22-37(35)45(39)7;;/h12-14,16-24,26-27H,9-11,15,25H2,1-8H3;1H4;/q;;+1/i;1D;. The van der Waals surface area contributed by atoms with Gasteiger partial charge in [0.1, 0.15) is 28.7 Å². The molecule has 3 aromatic carbocycles. The van der Waals surface area contributed by atoms with E-state index in [1.165, 1.54) is 49.2 Å². The van der Waals surface area contributed by atoms with E-state index in [0.29, 0.717) is 18.6 Å². The molecule has 0 aromatic heterocycles. The van der Waals surface area contributed by atoms with Gasteiger partial charge in [-0.2, -0.15) is 4.58 Å². The van der Waals surface area contributed by atoms with Crippen molar-refractivity contribution in [1.82, 2.24) is 0 Å². The molecule has 2 heterocycles. The molecule has 54 heavy (non-hydrogen) atoms. The number of ether oxygens (including phenoxy) is 2. The second-order valence-corrected chi connectivity index (χ2v) is 16.4. The molecule has 0 fully saturated rings. The average molecular weight is 777 g/mol. The molecule has 0 amide bonds. The topological polar surface area (TPSA) is 99.0 Å². The molecule has 0 radical (unpaired) electrons. The van der Waals surface area contributed by atoms with Crippen LogP contribution in [0, 0.1) is 6.92 Å². The number of rotatable bonds is 9. The number of hydrogen-bond acceptors (Lipinski definition) is 7. The first-order chi connectivity index (χ1) is 25.5. The van der Waals surface area contributed by atoms with Crippen LogP contribution in [0.3, 0.4) is 0 Å². The summed E-state index contributed by atoms with van der Waals surface area (Å²) in [6.07, 6.45) is 12.2. The second-order valence-electron chi connectivity index (χ2n) is 15.0. The predicted octanol–water partition coefficient (Wildman–Crippen LogP) is 5.96. The number of aryl methyl sites for hydroxylation is 2. The Morgan fingerprint density at radius 3 is 2.35 bits per heavy atom. The van der Waals surface area contributed by atoms with Gasteiger partial charge in [0.2, 0.25) is 5.69 Å². The Labute approximate surface area is 365 Å². The van der Waals surface area contributed by atoms with Gasteiger partial charge < -0.3 is 18.9 Å². The summed E-state index contributed by atoms with van der Waals surface area (Å²) in [6, 6.07) is 19.1. The maximum Gasteiger partial charge on any atom is 1.00 e. The minimum absolute atomic E-state index is 0. The molecule has 0 spiro atoms. The van der Waals surface area contributed by atoms with Crippen molar-refractivity contribution < 1.29 is 84.6 Å². The quantitative estimate of drug-likeness (QED) is 0.115. The van der Waals surface area contributed by atoms with E-state index in [1.54, 1.807) is 6.07 Å². The van der Waals surface area contributed by atoms with Gasteiger partial charge in [-0.25, -0.2) is 8.42 Å². The maximum absolute atomic E-state index is 11.9. The minimum Gasteiger partial charge on any atom is -0.744 e. The molecule has 0 unspecified atom stereocenters. The van der Waals surface area contributed by atoms with Gasteiger partial charge in [-0.15, -0.1) is 0 Å². The van der Waals surface area contributed by atoms with Crippen molar-refractivity contribution in [2.45, 2.75) is 89.9 Å². The molecule has 2 aliphatic heterocycles. The van der Waals surface area contributed by atoms with Crippen molar-refractivity contribution in [2.75, 3.05) is 26.1 Å². The van der Waals surface area contributed by atoms with Crippen LogP contribution in [-0.2, 0) is 36.9 Å². The van der Waals surface area contributed by atoms with Gasteiger partial charge in [0.15, 0.2) is 5.71 Å². The summed E-state index contributed by atoms with van der Waals surface area (Å²) in [5, 5.41) is 0. The minimum atomic E-state index is -4.59. The van der Waals surface area contributed by atoms with Crippen molar-refractivity contribution in [1.29, 1.82) is 0 Å². The van der Waals surface area contributed by atoms with Crippen LogP contribution in [0.25, 0.3) is 0 Å². The third kappa shape index (κ3) is 8.65. The number of carbonyl (C=O) groups excluding carboxylic acids is 1. The Kier molecular flexibility index (Phi) is 13.2. The number of likely N-dealkylation sites (N-methyl/N-ethyl adjacent to an activating group) is 1. The summed E-state index contributed by atoms with van der Waals surface area (Å²) >= 11 is 0. The van der Waals surface area contributed by atoms with E-state index in [1.807, 2.05) is 45.2 Å². The van der Waals surface area contributed by atoms with Crippen molar-refractivity contribution >= 4 is 33.2 Å². The Morgan fingerprint density at radius 1 is 0.981 bits per heavy atom. The number of methoxy groups -OCH3 is 1. The summed E-state index contributed by atoms with van der Waals surface area (Å²) in [5.74, 6) is 1.27. The Hall–Kier alpha value is -3.09. The first-order valence-corrected chi connectivity index (χ1v) is 19.2. The molecule has 0 atom stereocenters.